The van der Waals surface area contributed by atoms with E-state index in [2.05, 4.69) is 6.58 Å². The summed E-state index contributed by atoms with van der Waals surface area (Å²) in [6.07, 6.45) is 0.971. The number of alkyl halides is 2. The summed E-state index contributed by atoms with van der Waals surface area (Å²) in [5.74, 6) is -0.152. The first-order chi connectivity index (χ1) is 17.3. The predicted octanol–water partition coefficient (Wildman–Crippen LogP) is 4.81. The molecule has 1 aliphatic rings. The van der Waals surface area contributed by atoms with Gasteiger partial charge in [0.25, 0.3) is 0 Å². The number of benzene rings is 3. The van der Waals surface area contributed by atoms with Crippen LogP contribution in [0.3, 0.4) is 0 Å². The number of hydrogen-bond donors (Lipinski definition) is 1. The van der Waals surface area contributed by atoms with E-state index in [1.807, 2.05) is 30.3 Å². The maximum atomic E-state index is 13.5. The minimum atomic E-state index is -3.80. The Morgan fingerprint density at radius 3 is 2.56 bits per heavy atom. The molecule has 0 bridgehead atoms. The molecule has 3 aromatic rings. The van der Waals surface area contributed by atoms with Crippen LogP contribution in [0.1, 0.15) is 22.8 Å². The summed E-state index contributed by atoms with van der Waals surface area (Å²) in [6.45, 7) is 1.09. The second-order valence-electron chi connectivity index (χ2n) is 7.99. The van der Waals surface area contributed by atoms with E-state index in [9.17, 15) is 17.2 Å². The van der Waals surface area contributed by atoms with Crippen molar-refractivity contribution in [2.24, 2.45) is 5.14 Å². The maximum Gasteiger partial charge on any atom is 0.387 e. The summed E-state index contributed by atoms with van der Waals surface area (Å²) >= 11 is 0. The Kier molecular flexibility index (Phi) is 7.88. The molecule has 0 radical (unpaired) electrons. The van der Waals surface area contributed by atoms with Crippen molar-refractivity contribution in [1.82, 2.24) is 0 Å². The number of halogens is 2. The van der Waals surface area contributed by atoms with E-state index in [4.69, 9.17) is 24.1 Å². The first-order valence-electron chi connectivity index (χ1n) is 11.1. The lowest BCUT2D eigenvalue weighted by molar-refractivity contribution is -0.0514. The molecule has 36 heavy (non-hydrogen) atoms. The minimum Gasteiger partial charge on any atom is -0.487 e. The third-order valence-corrected chi connectivity index (χ3v) is 6.13. The molecule has 0 aromatic heterocycles. The predicted molar refractivity (Wildman–Crippen MR) is 131 cm³/mol. The molecule has 0 spiro atoms. The zero-order valence-electron chi connectivity index (χ0n) is 19.2. The van der Waals surface area contributed by atoms with Crippen LogP contribution in [0.4, 0.5) is 8.78 Å². The number of hydrogen-bond acceptors (Lipinski definition) is 6. The van der Waals surface area contributed by atoms with E-state index in [0.717, 1.165) is 5.56 Å². The molecule has 10 heteroatoms. The molecule has 1 aliphatic heterocycles. The van der Waals surface area contributed by atoms with Gasteiger partial charge in [-0.25, -0.2) is 13.6 Å². The molecule has 0 amide bonds. The number of fused-ring (bicyclic) bond motifs is 3. The average Bonchev–Trinajstić information content (AvgIpc) is 2.83. The van der Waals surface area contributed by atoms with Crippen LogP contribution in [-0.4, -0.2) is 34.8 Å². The number of sulfonamides is 1. The lowest BCUT2D eigenvalue weighted by Gasteiger charge is -2.31. The van der Waals surface area contributed by atoms with Crippen LogP contribution in [0.25, 0.3) is 11.1 Å². The topological polar surface area (TPSA) is 97.1 Å². The van der Waals surface area contributed by atoms with Gasteiger partial charge in [0.2, 0.25) is 10.0 Å². The molecule has 1 heterocycles. The third-order valence-electron chi connectivity index (χ3n) is 5.39. The molecule has 0 aliphatic carbocycles. The summed E-state index contributed by atoms with van der Waals surface area (Å²) in [5, 5.41) is 5.25. The van der Waals surface area contributed by atoms with E-state index in [1.54, 1.807) is 30.3 Å². The molecular formula is C26H25F2NO6S. The first kappa shape index (κ1) is 25.6. The van der Waals surface area contributed by atoms with Crippen molar-refractivity contribution in [2.45, 2.75) is 18.5 Å². The second kappa shape index (κ2) is 11.1. The maximum absolute atomic E-state index is 13.5. The lowest BCUT2D eigenvalue weighted by Crippen LogP contribution is -2.19. The summed E-state index contributed by atoms with van der Waals surface area (Å²) in [7, 11) is -3.80. The van der Waals surface area contributed by atoms with Crippen molar-refractivity contribution in [3.63, 3.8) is 0 Å². The summed E-state index contributed by atoms with van der Waals surface area (Å²) in [5.41, 5.74) is 2.65. The van der Waals surface area contributed by atoms with Gasteiger partial charge in [-0.3, -0.25) is 0 Å². The number of ether oxygens (including phenoxy) is 4. The molecule has 4 rings (SSSR count). The molecule has 0 fully saturated rings. The van der Waals surface area contributed by atoms with Gasteiger partial charge < -0.3 is 18.9 Å². The summed E-state index contributed by atoms with van der Waals surface area (Å²) < 4.78 is 72.6. The van der Waals surface area contributed by atoms with Crippen LogP contribution in [0.5, 0.6) is 17.2 Å². The average molecular weight is 518 g/mol. The molecule has 2 N–H and O–H groups in total. The molecule has 190 valence electrons. The van der Waals surface area contributed by atoms with Gasteiger partial charge in [-0.1, -0.05) is 54.6 Å². The van der Waals surface area contributed by atoms with E-state index in [1.165, 1.54) is 6.07 Å². The van der Waals surface area contributed by atoms with Gasteiger partial charge in [0.1, 0.15) is 18.5 Å². The van der Waals surface area contributed by atoms with Crippen LogP contribution in [0, 0.1) is 0 Å². The third kappa shape index (κ3) is 6.01. The van der Waals surface area contributed by atoms with Crippen molar-refractivity contribution in [2.75, 3.05) is 19.8 Å². The van der Waals surface area contributed by atoms with Gasteiger partial charge in [-0.15, -0.1) is 6.58 Å². The monoisotopic (exact) mass is 517 g/mol. The summed E-state index contributed by atoms with van der Waals surface area (Å²) in [6, 6.07) is 17.3. The number of nitrogens with two attached hydrogens (primary N) is 1. The highest BCUT2D eigenvalue weighted by atomic mass is 32.2. The highest BCUT2D eigenvalue weighted by Crippen LogP contribution is 2.52. The van der Waals surface area contributed by atoms with Gasteiger partial charge >= 0.3 is 6.61 Å². The normalized spacial score (nSPS) is 14.5. The van der Waals surface area contributed by atoms with Gasteiger partial charge in [0, 0.05) is 5.56 Å². The van der Waals surface area contributed by atoms with Gasteiger partial charge in [-0.05, 0) is 28.8 Å². The van der Waals surface area contributed by atoms with Crippen LogP contribution in [0.2, 0.25) is 0 Å². The lowest BCUT2D eigenvalue weighted by atomic mass is 9.88. The Balaban J connectivity index is 1.82. The summed E-state index contributed by atoms with van der Waals surface area (Å²) in [4.78, 5) is 0. The SMILES string of the molecule is C=CCOCCOc1ccc2c(c1OC(F)F)-c1ccc(CS(N)(=O)=O)cc1C(c1ccccc1)O2. The van der Waals surface area contributed by atoms with E-state index in [0.29, 0.717) is 29.0 Å². The minimum absolute atomic E-state index is 0.0950. The smallest absolute Gasteiger partial charge is 0.387 e. The van der Waals surface area contributed by atoms with E-state index in [-0.39, 0.29) is 36.0 Å². The van der Waals surface area contributed by atoms with Crippen LogP contribution in [0.15, 0.2) is 73.3 Å². The van der Waals surface area contributed by atoms with Crippen LogP contribution >= 0.6 is 0 Å². The van der Waals surface area contributed by atoms with Gasteiger partial charge in [0.15, 0.2) is 11.5 Å². The number of primary sulfonamides is 1. The van der Waals surface area contributed by atoms with Crippen molar-refractivity contribution in [3.8, 4) is 28.4 Å². The van der Waals surface area contributed by atoms with Crippen molar-refractivity contribution in [3.05, 3.63) is 90.0 Å². The molecule has 1 atom stereocenters. The molecule has 0 saturated carbocycles. The van der Waals surface area contributed by atoms with Gasteiger partial charge in [0.05, 0.1) is 24.5 Å². The standard InChI is InChI=1S/C26H25F2NO6S/c1-2-12-32-13-14-33-22-11-10-21-23(25(22)35-26(27)28)19-9-8-17(16-36(29,30)31)15-20(19)24(34-21)18-6-4-3-5-7-18/h2-11,15,24,26H,1,12-14,16H2,(H2,29,30,31). The van der Waals surface area contributed by atoms with Crippen molar-refractivity contribution < 1.29 is 36.1 Å². The fourth-order valence-corrected chi connectivity index (χ4v) is 4.68. The Morgan fingerprint density at radius 1 is 1.08 bits per heavy atom. The highest BCUT2D eigenvalue weighted by molar-refractivity contribution is 7.88. The fourth-order valence-electron chi connectivity index (χ4n) is 4.04. The van der Waals surface area contributed by atoms with E-state index < -0.39 is 22.7 Å². The molecule has 3 aromatic carbocycles. The zero-order valence-corrected chi connectivity index (χ0v) is 20.0. The van der Waals surface area contributed by atoms with Crippen molar-refractivity contribution in [1.29, 1.82) is 0 Å². The zero-order chi connectivity index (χ0) is 25.7. The molecule has 1 unspecified atom stereocenters. The van der Waals surface area contributed by atoms with E-state index >= 15 is 0 Å². The molecule has 0 saturated heterocycles. The molecular weight excluding hydrogens is 492 g/mol. The van der Waals surface area contributed by atoms with Crippen molar-refractivity contribution >= 4 is 10.0 Å². The fraction of sp³-hybridized carbons (Fsp3) is 0.231. The van der Waals surface area contributed by atoms with Gasteiger partial charge in [-0.2, -0.15) is 8.78 Å². The Bertz CT molecular complexity index is 1330. The highest BCUT2D eigenvalue weighted by Gasteiger charge is 2.32. The quantitative estimate of drug-likeness (QED) is 0.290. The first-order valence-corrected chi connectivity index (χ1v) is 12.8. The Hall–Kier alpha value is -3.47. The Labute approximate surface area is 208 Å². The largest absolute Gasteiger partial charge is 0.487 e. The molecule has 7 nitrogen and oxygen atoms in total. The van der Waals surface area contributed by atoms with Crippen LogP contribution in [-0.2, 0) is 20.5 Å². The van der Waals surface area contributed by atoms with Crippen LogP contribution < -0.4 is 19.3 Å². The Morgan fingerprint density at radius 2 is 1.86 bits per heavy atom. The number of rotatable bonds is 11. The second-order valence-corrected chi connectivity index (χ2v) is 9.61.